The lowest BCUT2D eigenvalue weighted by Gasteiger charge is -2.26. The standard InChI is InChI=1S/C15H18ClN3/c1-2-8-19-9-7-14-13(10-19)15(18-17-14)11-3-5-12(16)6-4-11/h3-6H,2,7-10H2,1H3,(H,17,18). The van der Waals surface area contributed by atoms with Gasteiger partial charge in [-0.15, -0.1) is 0 Å². The molecule has 0 bridgehead atoms. The fourth-order valence-corrected chi connectivity index (χ4v) is 2.83. The molecule has 0 radical (unpaired) electrons. The highest BCUT2D eigenvalue weighted by Gasteiger charge is 2.21. The largest absolute Gasteiger partial charge is 0.299 e. The molecule has 0 unspecified atom stereocenters. The predicted molar refractivity (Wildman–Crippen MR) is 78.3 cm³/mol. The molecular weight excluding hydrogens is 258 g/mol. The number of benzene rings is 1. The van der Waals surface area contributed by atoms with Crippen molar-refractivity contribution >= 4 is 11.6 Å². The van der Waals surface area contributed by atoms with Crippen LogP contribution in [0.1, 0.15) is 24.6 Å². The lowest BCUT2D eigenvalue weighted by Crippen LogP contribution is -2.31. The molecule has 19 heavy (non-hydrogen) atoms. The van der Waals surface area contributed by atoms with E-state index in [9.17, 15) is 0 Å². The summed E-state index contributed by atoms with van der Waals surface area (Å²) in [6.45, 7) is 5.51. The Labute approximate surface area is 118 Å². The van der Waals surface area contributed by atoms with Crippen LogP contribution < -0.4 is 0 Å². The highest BCUT2D eigenvalue weighted by molar-refractivity contribution is 6.30. The van der Waals surface area contributed by atoms with Gasteiger partial charge in [0.15, 0.2) is 0 Å². The lowest BCUT2D eigenvalue weighted by atomic mass is 10.0. The van der Waals surface area contributed by atoms with Crippen molar-refractivity contribution in [1.82, 2.24) is 15.1 Å². The molecule has 0 saturated heterocycles. The van der Waals surface area contributed by atoms with Crippen LogP contribution in [0.5, 0.6) is 0 Å². The monoisotopic (exact) mass is 275 g/mol. The van der Waals surface area contributed by atoms with Crippen molar-refractivity contribution in [3.8, 4) is 11.3 Å². The van der Waals surface area contributed by atoms with E-state index in [1.165, 1.54) is 17.7 Å². The second-order valence-electron chi connectivity index (χ2n) is 5.06. The first-order valence-corrected chi connectivity index (χ1v) is 7.20. The van der Waals surface area contributed by atoms with Gasteiger partial charge in [0.05, 0.1) is 5.69 Å². The molecule has 2 aromatic rings. The van der Waals surface area contributed by atoms with Gasteiger partial charge in [0.25, 0.3) is 0 Å². The van der Waals surface area contributed by atoms with Gasteiger partial charge in [0, 0.05) is 41.4 Å². The minimum atomic E-state index is 0.765. The van der Waals surface area contributed by atoms with E-state index in [0.29, 0.717) is 0 Å². The third-order valence-corrected chi connectivity index (χ3v) is 3.92. The van der Waals surface area contributed by atoms with Gasteiger partial charge < -0.3 is 0 Å². The Kier molecular flexibility index (Phi) is 3.58. The first-order chi connectivity index (χ1) is 9.28. The molecule has 0 amide bonds. The number of rotatable bonds is 3. The molecule has 100 valence electrons. The Balaban J connectivity index is 1.92. The molecular formula is C15H18ClN3. The van der Waals surface area contributed by atoms with Crippen LogP contribution in [0.2, 0.25) is 5.02 Å². The van der Waals surface area contributed by atoms with Crippen molar-refractivity contribution in [2.45, 2.75) is 26.3 Å². The Morgan fingerprint density at radius 3 is 2.84 bits per heavy atom. The summed E-state index contributed by atoms with van der Waals surface area (Å²) in [7, 11) is 0. The first kappa shape index (κ1) is 12.7. The highest BCUT2D eigenvalue weighted by Crippen LogP contribution is 2.29. The number of fused-ring (bicyclic) bond motifs is 1. The molecule has 3 nitrogen and oxygen atoms in total. The number of halogens is 1. The second-order valence-corrected chi connectivity index (χ2v) is 5.50. The third kappa shape index (κ3) is 2.53. The molecule has 1 aromatic heterocycles. The van der Waals surface area contributed by atoms with Gasteiger partial charge in [0.1, 0.15) is 0 Å². The average Bonchev–Trinajstić information content (AvgIpc) is 2.83. The smallest absolute Gasteiger partial charge is 0.0968 e. The van der Waals surface area contributed by atoms with E-state index in [1.54, 1.807) is 0 Å². The zero-order valence-corrected chi connectivity index (χ0v) is 11.9. The van der Waals surface area contributed by atoms with Crippen molar-refractivity contribution in [2.24, 2.45) is 0 Å². The summed E-state index contributed by atoms with van der Waals surface area (Å²) in [4.78, 5) is 2.50. The summed E-state index contributed by atoms with van der Waals surface area (Å²) in [5.74, 6) is 0. The maximum absolute atomic E-state index is 5.94. The van der Waals surface area contributed by atoms with Crippen LogP contribution >= 0.6 is 11.6 Å². The molecule has 1 aromatic carbocycles. The topological polar surface area (TPSA) is 31.9 Å². The molecule has 3 rings (SSSR count). The van der Waals surface area contributed by atoms with Crippen LogP contribution in [0, 0.1) is 0 Å². The highest BCUT2D eigenvalue weighted by atomic mass is 35.5. The molecule has 2 heterocycles. The van der Waals surface area contributed by atoms with Gasteiger partial charge in [0.2, 0.25) is 0 Å². The third-order valence-electron chi connectivity index (χ3n) is 3.67. The number of hydrogen-bond acceptors (Lipinski definition) is 2. The van der Waals surface area contributed by atoms with Crippen LogP contribution in [0.15, 0.2) is 24.3 Å². The fraction of sp³-hybridized carbons (Fsp3) is 0.400. The van der Waals surface area contributed by atoms with Crippen LogP contribution in [-0.2, 0) is 13.0 Å². The number of H-pyrrole nitrogens is 1. The van der Waals surface area contributed by atoms with Crippen molar-refractivity contribution in [1.29, 1.82) is 0 Å². The maximum atomic E-state index is 5.94. The van der Waals surface area contributed by atoms with Gasteiger partial charge in [-0.3, -0.25) is 10.00 Å². The van der Waals surface area contributed by atoms with Crippen LogP contribution in [-0.4, -0.2) is 28.2 Å². The predicted octanol–water partition coefficient (Wildman–Crippen LogP) is 3.50. The van der Waals surface area contributed by atoms with Crippen molar-refractivity contribution in [3.05, 3.63) is 40.5 Å². The summed E-state index contributed by atoms with van der Waals surface area (Å²) in [5.41, 5.74) is 4.85. The molecule has 4 heteroatoms. The van der Waals surface area contributed by atoms with Gasteiger partial charge in [-0.1, -0.05) is 30.7 Å². The van der Waals surface area contributed by atoms with Gasteiger partial charge >= 0.3 is 0 Å². The van der Waals surface area contributed by atoms with E-state index in [0.717, 1.165) is 42.3 Å². The average molecular weight is 276 g/mol. The quantitative estimate of drug-likeness (QED) is 0.930. The van der Waals surface area contributed by atoms with Crippen molar-refractivity contribution in [3.63, 3.8) is 0 Å². The number of aromatic amines is 1. The minimum Gasteiger partial charge on any atom is -0.299 e. The molecule has 0 atom stereocenters. The number of nitrogens with one attached hydrogen (secondary N) is 1. The Morgan fingerprint density at radius 1 is 1.32 bits per heavy atom. The fourth-order valence-electron chi connectivity index (χ4n) is 2.70. The van der Waals surface area contributed by atoms with Crippen LogP contribution in [0.3, 0.4) is 0 Å². The molecule has 0 aliphatic carbocycles. The van der Waals surface area contributed by atoms with E-state index in [4.69, 9.17) is 11.6 Å². The number of aromatic nitrogens is 2. The van der Waals surface area contributed by atoms with Gasteiger partial charge in [-0.25, -0.2) is 0 Å². The lowest BCUT2D eigenvalue weighted by molar-refractivity contribution is 0.254. The summed E-state index contributed by atoms with van der Waals surface area (Å²) >= 11 is 5.94. The van der Waals surface area contributed by atoms with E-state index >= 15 is 0 Å². The maximum Gasteiger partial charge on any atom is 0.0968 e. The zero-order chi connectivity index (χ0) is 13.2. The molecule has 0 fully saturated rings. The van der Waals surface area contributed by atoms with Gasteiger partial charge in [-0.2, -0.15) is 5.10 Å². The Morgan fingerprint density at radius 2 is 2.11 bits per heavy atom. The molecule has 1 N–H and O–H groups in total. The molecule has 1 aliphatic rings. The van der Waals surface area contributed by atoms with Crippen molar-refractivity contribution < 1.29 is 0 Å². The summed E-state index contributed by atoms with van der Waals surface area (Å²) in [6.07, 6.45) is 2.26. The van der Waals surface area contributed by atoms with E-state index in [2.05, 4.69) is 22.0 Å². The van der Waals surface area contributed by atoms with Crippen LogP contribution in [0.25, 0.3) is 11.3 Å². The summed E-state index contributed by atoms with van der Waals surface area (Å²) in [5, 5.41) is 8.45. The normalized spacial score (nSPS) is 15.5. The van der Waals surface area contributed by atoms with Gasteiger partial charge in [-0.05, 0) is 25.1 Å². The van der Waals surface area contributed by atoms with Crippen molar-refractivity contribution in [2.75, 3.05) is 13.1 Å². The molecule has 1 aliphatic heterocycles. The van der Waals surface area contributed by atoms with Crippen LogP contribution in [0.4, 0.5) is 0 Å². The second kappa shape index (κ2) is 5.35. The van der Waals surface area contributed by atoms with E-state index in [-0.39, 0.29) is 0 Å². The summed E-state index contributed by atoms with van der Waals surface area (Å²) in [6, 6.07) is 7.92. The molecule has 0 spiro atoms. The van der Waals surface area contributed by atoms with E-state index < -0.39 is 0 Å². The Hall–Kier alpha value is -1.32. The number of nitrogens with zero attached hydrogens (tertiary/aromatic N) is 2. The number of hydrogen-bond donors (Lipinski definition) is 1. The summed E-state index contributed by atoms with van der Waals surface area (Å²) < 4.78 is 0. The zero-order valence-electron chi connectivity index (χ0n) is 11.1. The molecule has 0 saturated carbocycles. The minimum absolute atomic E-state index is 0.765. The van der Waals surface area contributed by atoms with E-state index in [1.807, 2.05) is 24.3 Å². The SMILES string of the molecule is CCCN1CCc2[nH]nc(-c3ccc(Cl)cc3)c2C1. The first-order valence-electron chi connectivity index (χ1n) is 6.82. The Bertz CT molecular complexity index is 559.